The van der Waals surface area contributed by atoms with Gasteiger partial charge in [0.25, 0.3) is 0 Å². The van der Waals surface area contributed by atoms with Crippen LogP contribution in [0.1, 0.15) is 16.9 Å². The van der Waals surface area contributed by atoms with Gasteiger partial charge in [-0.25, -0.2) is 0 Å². The first-order chi connectivity index (χ1) is 7.25. The van der Waals surface area contributed by atoms with E-state index in [0.717, 1.165) is 11.4 Å². The van der Waals surface area contributed by atoms with E-state index < -0.39 is 0 Å². The topological polar surface area (TPSA) is 25.5 Å². The quantitative estimate of drug-likeness (QED) is 0.678. The van der Waals surface area contributed by atoms with Crippen molar-refractivity contribution in [2.45, 2.75) is 13.8 Å². The number of furan rings is 1. The maximum absolute atomic E-state index is 5.16. The maximum Gasteiger partial charge on any atom is 0.144 e. The van der Waals surface area contributed by atoms with Gasteiger partial charge in [0.15, 0.2) is 0 Å². The summed E-state index contributed by atoms with van der Waals surface area (Å²) in [5.41, 5.74) is 3.49. The lowest BCUT2D eigenvalue weighted by molar-refractivity contribution is 0.560. The first-order valence-corrected chi connectivity index (χ1v) is 4.90. The molecule has 0 bridgehead atoms. The maximum atomic E-state index is 5.16. The second kappa shape index (κ2) is 4.13. The Balaban J connectivity index is 2.21. The van der Waals surface area contributed by atoms with Gasteiger partial charge in [-0.2, -0.15) is 0 Å². The minimum Gasteiger partial charge on any atom is -0.463 e. The van der Waals surface area contributed by atoms with Crippen molar-refractivity contribution in [3.63, 3.8) is 0 Å². The Morgan fingerprint density at radius 2 is 2.00 bits per heavy atom. The molecule has 2 nitrogen and oxygen atoms in total. The van der Waals surface area contributed by atoms with Gasteiger partial charge < -0.3 is 4.42 Å². The van der Waals surface area contributed by atoms with Crippen LogP contribution in [-0.2, 0) is 0 Å². The molecule has 0 fully saturated rings. The fourth-order valence-electron chi connectivity index (χ4n) is 1.31. The van der Waals surface area contributed by atoms with E-state index in [2.05, 4.69) is 31.0 Å². The van der Waals surface area contributed by atoms with Gasteiger partial charge >= 0.3 is 0 Å². The molecule has 0 aliphatic carbocycles. The van der Waals surface area contributed by atoms with Crippen LogP contribution >= 0.6 is 0 Å². The molecule has 0 N–H and O–H groups in total. The molecule has 0 saturated heterocycles. The summed E-state index contributed by atoms with van der Waals surface area (Å²) in [7, 11) is 0. The van der Waals surface area contributed by atoms with E-state index in [9.17, 15) is 0 Å². The minimum absolute atomic E-state index is 0.772. The average Bonchev–Trinajstić information content (AvgIpc) is 2.73. The third-order valence-corrected chi connectivity index (χ3v) is 2.37. The normalized spacial score (nSPS) is 11.1. The van der Waals surface area contributed by atoms with E-state index in [-0.39, 0.29) is 0 Å². The van der Waals surface area contributed by atoms with Gasteiger partial charge in [0.05, 0.1) is 18.2 Å². The third-order valence-electron chi connectivity index (χ3n) is 2.37. The molecule has 0 amide bonds. The molecule has 0 atom stereocenters. The van der Waals surface area contributed by atoms with Gasteiger partial charge in [-0.3, -0.25) is 4.99 Å². The monoisotopic (exact) mass is 199 g/mol. The Morgan fingerprint density at radius 3 is 2.67 bits per heavy atom. The van der Waals surface area contributed by atoms with Crippen LogP contribution in [0.4, 0.5) is 5.69 Å². The Bertz CT molecular complexity index is 469. The zero-order valence-electron chi connectivity index (χ0n) is 8.90. The van der Waals surface area contributed by atoms with E-state index >= 15 is 0 Å². The van der Waals surface area contributed by atoms with Crippen LogP contribution in [0.25, 0.3) is 0 Å². The van der Waals surface area contributed by atoms with Crippen LogP contribution in [0, 0.1) is 13.8 Å². The van der Waals surface area contributed by atoms with Gasteiger partial charge in [0.1, 0.15) is 5.76 Å². The van der Waals surface area contributed by atoms with Crippen molar-refractivity contribution in [3.05, 3.63) is 53.5 Å². The molecule has 0 saturated carbocycles. The standard InChI is InChI=1S/C13H13NO/c1-10-5-6-12(8-11(10)2)14-9-13-4-3-7-15-13/h3-9H,1-2H3. The lowest BCUT2D eigenvalue weighted by Gasteiger charge is -1.99. The van der Waals surface area contributed by atoms with Gasteiger partial charge in [0.2, 0.25) is 0 Å². The highest BCUT2D eigenvalue weighted by atomic mass is 16.3. The number of hydrogen-bond donors (Lipinski definition) is 0. The van der Waals surface area contributed by atoms with Gasteiger partial charge in [-0.15, -0.1) is 0 Å². The van der Waals surface area contributed by atoms with Crippen molar-refractivity contribution in [2.75, 3.05) is 0 Å². The number of nitrogens with zero attached hydrogens (tertiary/aromatic N) is 1. The minimum atomic E-state index is 0.772. The van der Waals surface area contributed by atoms with Crippen LogP contribution in [0.15, 0.2) is 46.0 Å². The third kappa shape index (κ3) is 2.34. The molecule has 0 unspecified atom stereocenters. The molecule has 0 aliphatic rings. The Morgan fingerprint density at radius 1 is 1.13 bits per heavy atom. The summed E-state index contributed by atoms with van der Waals surface area (Å²) in [6.45, 7) is 4.18. The highest BCUT2D eigenvalue weighted by Gasteiger charge is 1.94. The number of aliphatic imine (C=N–C) groups is 1. The van der Waals surface area contributed by atoms with Crippen molar-refractivity contribution < 1.29 is 4.42 Å². The zero-order chi connectivity index (χ0) is 10.7. The summed E-state index contributed by atoms with van der Waals surface area (Å²) >= 11 is 0. The number of hydrogen-bond acceptors (Lipinski definition) is 2. The van der Waals surface area contributed by atoms with Gasteiger partial charge in [-0.05, 0) is 49.2 Å². The highest BCUT2D eigenvalue weighted by molar-refractivity contribution is 5.78. The second-order valence-corrected chi connectivity index (χ2v) is 3.54. The molecule has 2 rings (SSSR count). The van der Waals surface area contributed by atoms with E-state index in [4.69, 9.17) is 4.42 Å². The second-order valence-electron chi connectivity index (χ2n) is 3.54. The fourth-order valence-corrected chi connectivity index (χ4v) is 1.31. The zero-order valence-corrected chi connectivity index (χ0v) is 8.90. The molecule has 15 heavy (non-hydrogen) atoms. The first kappa shape index (κ1) is 9.71. The van der Waals surface area contributed by atoms with Crippen molar-refractivity contribution in [3.8, 4) is 0 Å². The fraction of sp³-hybridized carbons (Fsp3) is 0.154. The average molecular weight is 199 g/mol. The van der Waals surface area contributed by atoms with Crippen LogP contribution in [-0.4, -0.2) is 6.21 Å². The first-order valence-electron chi connectivity index (χ1n) is 4.90. The molecule has 2 aromatic rings. The molecule has 1 aromatic carbocycles. The Kier molecular flexibility index (Phi) is 2.68. The molecular weight excluding hydrogens is 186 g/mol. The van der Waals surface area contributed by atoms with E-state index in [1.165, 1.54) is 11.1 Å². The molecular formula is C13H13NO. The Labute approximate surface area is 89.3 Å². The highest BCUT2D eigenvalue weighted by Crippen LogP contribution is 2.16. The van der Waals surface area contributed by atoms with Crippen LogP contribution in [0.2, 0.25) is 0 Å². The predicted octanol–water partition coefficient (Wildman–Crippen LogP) is 3.65. The van der Waals surface area contributed by atoms with E-state index in [1.807, 2.05) is 18.2 Å². The summed E-state index contributed by atoms with van der Waals surface area (Å²) in [4.78, 5) is 4.33. The van der Waals surface area contributed by atoms with Crippen molar-refractivity contribution >= 4 is 11.9 Å². The van der Waals surface area contributed by atoms with E-state index in [1.54, 1.807) is 12.5 Å². The number of rotatable bonds is 2. The number of aryl methyl sites for hydroxylation is 2. The largest absolute Gasteiger partial charge is 0.463 e. The number of benzene rings is 1. The smallest absolute Gasteiger partial charge is 0.144 e. The van der Waals surface area contributed by atoms with Crippen LogP contribution in [0.5, 0.6) is 0 Å². The molecule has 0 radical (unpaired) electrons. The van der Waals surface area contributed by atoms with Crippen molar-refractivity contribution in [1.82, 2.24) is 0 Å². The van der Waals surface area contributed by atoms with Gasteiger partial charge in [0, 0.05) is 0 Å². The molecule has 2 heteroatoms. The molecule has 0 spiro atoms. The predicted molar refractivity (Wildman–Crippen MR) is 61.9 cm³/mol. The van der Waals surface area contributed by atoms with Crippen molar-refractivity contribution in [1.29, 1.82) is 0 Å². The molecule has 1 aromatic heterocycles. The summed E-state index contributed by atoms with van der Waals surface area (Å²) in [6.07, 6.45) is 3.37. The Hall–Kier alpha value is -1.83. The van der Waals surface area contributed by atoms with Gasteiger partial charge in [-0.1, -0.05) is 6.07 Å². The lowest BCUT2D eigenvalue weighted by atomic mass is 10.1. The summed E-state index contributed by atoms with van der Waals surface area (Å²) in [5.74, 6) is 0.772. The van der Waals surface area contributed by atoms with Crippen LogP contribution in [0.3, 0.4) is 0 Å². The van der Waals surface area contributed by atoms with Crippen molar-refractivity contribution in [2.24, 2.45) is 4.99 Å². The molecule has 76 valence electrons. The summed E-state index contributed by atoms with van der Waals surface area (Å²) in [6, 6.07) is 9.87. The summed E-state index contributed by atoms with van der Waals surface area (Å²) < 4.78 is 5.16. The molecule has 1 heterocycles. The SMILES string of the molecule is Cc1ccc(N=Cc2ccco2)cc1C. The van der Waals surface area contributed by atoms with E-state index in [0.29, 0.717) is 0 Å². The lowest BCUT2D eigenvalue weighted by Crippen LogP contribution is -1.79. The molecule has 0 aliphatic heterocycles. The van der Waals surface area contributed by atoms with Crippen LogP contribution < -0.4 is 0 Å². The summed E-state index contributed by atoms with van der Waals surface area (Å²) in [5, 5.41) is 0.